The Morgan fingerprint density at radius 2 is 2.05 bits per heavy atom. The van der Waals surface area contributed by atoms with E-state index < -0.39 is 0 Å². The fourth-order valence-electron chi connectivity index (χ4n) is 1.71. The van der Waals surface area contributed by atoms with Crippen molar-refractivity contribution in [2.24, 2.45) is 0 Å². The van der Waals surface area contributed by atoms with Gasteiger partial charge in [0.25, 0.3) is 0 Å². The van der Waals surface area contributed by atoms with Crippen LogP contribution < -0.4 is 5.32 Å². The summed E-state index contributed by atoms with van der Waals surface area (Å²) < 4.78 is 5.10. The molecule has 0 atom stereocenters. The lowest BCUT2D eigenvalue weighted by Crippen LogP contribution is -2.22. The number of hydrogen-bond donors (Lipinski definition) is 1. The topological polar surface area (TPSA) is 68.0 Å². The second-order valence-electron chi connectivity index (χ2n) is 4.96. The second-order valence-corrected chi connectivity index (χ2v) is 4.96. The number of aromatic nitrogens is 2. The van der Waals surface area contributed by atoms with Crippen LogP contribution in [0.3, 0.4) is 0 Å². The van der Waals surface area contributed by atoms with E-state index in [9.17, 15) is 4.79 Å². The summed E-state index contributed by atoms with van der Waals surface area (Å²) >= 11 is 0. The van der Waals surface area contributed by atoms with Crippen molar-refractivity contribution in [1.29, 1.82) is 0 Å². The maximum absolute atomic E-state index is 11.7. The maximum Gasteiger partial charge on any atom is 0.227 e. The molecule has 1 amide bonds. The molecule has 106 valence electrons. The Kier molecular flexibility index (Phi) is 4.87. The summed E-state index contributed by atoms with van der Waals surface area (Å²) in [6, 6.07) is 9.81. The fraction of sp³-hybridized carbons (Fsp3) is 0.400. The van der Waals surface area contributed by atoms with Crippen molar-refractivity contribution in [1.82, 2.24) is 15.5 Å². The van der Waals surface area contributed by atoms with E-state index in [1.807, 2.05) is 44.2 Å². The van der Waals surface area contributed by atoms with E-state index in [4.69, 9.17) is 4.52 Å². The van der Waals surface area contributed by atoms with Gasteiger partial charge in [-0.2, -0.15) is 4.98 Å². The summed E-state index contributed by atoms with van der Waals surface area (Å²) in [4.78, 5) is 16.0. The normalized spacial score (nSPS) is 10.8. The van der Waals surface area contributed by atoms with Gasteiger partial charge in [-0.05, 0) is 5.56 Å². The molecule has 0 radical (unpaired) electrons. The van der Waals surface area contributed by atoms with Gasteiger partial charge < -0.3 is 9.84 Å². The van der Waals surface area contributed by atoms with E-state index in [-0.39, 0.29) is 11.8 Å². The molecule has 0 aliphatic carbocycles. The number of nitrogens with zero attached hydrogens (tertiary/aromatic N) is 2. The van der Waals surface area contributed by atoms with Crippen LogP contribution in [-0.2, 0) is 17.8 Å². The Labute approximate surface area is 118 Å². The molecule has 1 N–H and O–H groups in total. The fourth-order valence-corrected chi connectivity index (χ4v) is 1.71. The van der Waals surface area contributed by atoms with E-state index in [0.717, 1.165) is 5.56 Å². The standard InChI is InChI=1S/C15H19N3O2/c1-11(2)15-17-14(20-18-15)9-8-13(19)16-10-12-6-4-3-5-7-12/h3-7,11H,8-10H2,1-2H3,(H,16,19). The van der Waals surface area contributed by atoms with Gasteiger partial charge in [-0.1, -0.05) is 49.3 Å². The quantitative estimate of drug-likeness (QED) is 0.877. The Balaban J connectivity index is 1.74. The van der Waals surface area contributed by atoms with Crippen LogP contribution in [0.15, 0.2) is 34.9 Å². The van der Waals surface area contributed by atoms with Crippen molar-refractivity contribution in [2.45, 2.75) is 39.2 Å². The zero-order chi connectivity index (χ0) is 14.4. The van der Waals surface area contributed by atoms with Gasteiger partial charge in [-0.25, -0.2) is 0 Å². The third kappa shape index (κ3) is 4.19. The summed E-state index contributed by atoms with van der Waals surface area (Å²) in [6.45, 7) is 4.54. The van der Waals surface area contributed by atoms with Gasteiger partial charge in [0.1, 0.15) is 0 Å². The molecule has 2 rings (SSSR count). The van der Waals surface area contributed by atoms with Crippen LogP contribution in [0.4, 0.5) is 0 Å². The molecular weight excluding hydrogens is 254 g/mol. The monoisotopic (exact) mass is 273 g/mol. The van der Waals surface area contributed by atoms with Gasteiger partial charge in [-0.3, -0.25) is 4.79 Å². The largest absolute Gasteiger partial charge is 0.352 e. The second kappa shape index (κ2) is 6.84. The van der Waals surface area contributed by atoms with E-state index in [1.54, 1.807) is 0 Å². The zero-order valence-electron chi connectivity index (χ0n) is 11.8. The van der Waals surface area contributed by atoms with E-state index >= 15 is 0 Å². The number of benzene rings is 1. The first-order chi connectivity index (χ1) is 9.65. The minimum absolute atomic E-state index is 0.0156. The smallest absolute Gasteiger partial charge is 0.227 e. The van der Waals surface area contributed by atoms with Crippen molar-refractivity contribution in [3.63, 3.8) is 0 Å². The predicted molar refractivity (Wildman–Crippen MR) is 75.0 cm³/mol. The van der Waals surface area contributed by atoms with E-state index in [1.165, 1.54) is 0 Å². The molecule has 0 unspecified atom stereocenters. The van der Waals surface area contributed by atoms with Crippen molar-refractivity contribution in [3.05, 3.63) is 47.6 Å². The van der Waals surface area contributed by atoms with Gasteiger partial charge in [0.15, 0.2) is 5.82 Å². The maximum atomic E-state index is 11.7. The highest BCUT2D eigenvalue weighted by atomic mass is 16.5. The first-order valence-corrected chi connectivity index (χ1v) is 6.78. The molecule has 0 aliphatic rings. The Morgan fingerprint density at radius 3 is 2.70 bits per heavy atom. The van der Waals surface area contributed by atoms with Crippen LogP contribution in [0, 0.1) is 0 Å². The summed E-state index contributed by atoms with van der Waals surface area (Å²) in [5.41, 5.74) is 1.08. The minimum atomic E-state index is -0.0156. The number of carbonyl (C=O) groups excluding carboxylic acids is 1. The lowest BCUT2D eigenvalue weighted by molar-refractivity contribution is -0.121. The Morgan fingerprint density at radius 1 is 1.30 bits per heavy atom. The first-order valence-electron chi connectivity index (χ1n) is 6.78. The molecule has 0 aliphatic heterocycles. The molecule has 0 spiro atoms. The first kappa shape index (κ1) is 14.2. The lowest BCUT2D eigenvalue weighted by Gasteiger charge is -2.03. The highest BCUT2D eigenvalue weighted by molar-refractivity contribution is 5.75. The molecule has 0 saturated carbocycles. The van der Waals surface area contributed by atoms with Crippen LogP contribution in [0.2, 0.25) is 0 Å². The van der Waals surface area contributed by atoms with Crippen LogP contribution in [0.25, 0.3) is 0 Å². The lowest BCUT2D eigenvalue weighted by atomic mass is 10.2. The number of carbonyl (C=O) groups is 1. The average molecular weight is 273 g/mol. The number of rotatable bonds is 6. The van der Waals surface area contributed by atoms with Gasteiger partial charge >= 0.3 is 0 Å². The zero-order valence-corrected chi connectivity index (χ0v) is 11.8. The number of hydrogen-bond acceptors (Lipinski definition) is 4. The number of nitrogens with one attached hydrogen (secondary N) is 1. The summed E-state index contributed by atoms with van der Waals surface area (Å²) in [6.07, 6.45) is 0.826. The van der Waals surface area contributed by atoms with Gasteiger partial charge in [0, 0.05) is 25.3 Å². The molecule has 20 heavy (non-hydrogen) atoms. The molecule has 2 aromatic rings. The van der Waals surface area contributed by atoms with Crippen molar-refractivity contribution < 1.29 is 9.32 Å². The Bertz CT molecular complexity index is 549. The molecule has 0 fully saturated rings. The molecule has 5 heteroatoms. The van der Waals surface area contributed by atoms with E-state index in [2.05, 4.69) is 15.5 Å². The molecule has 1 aromatic heterocycles. The summed E-state index contributed by atoms with van der Waals surface area (Å²) in [5.74, 6) is 1.42. The van der Waals surface area contributed by atoms with Crippen molar-refractivity contribution in [2.75, 3.05) is 0 Å². The van der Waals surface area contributed by atoms with Crippen LogP contribution in [-0.4, -0.2) is 16.0 Å². The minimum Gasteiger partial charge on any atom is -0.352 e. The predicted octanol–water partition coefficient (Wildman–Crippen LogP) is 2.44. The van der Waals surface area contributed by atoms with Gasteiger partial charge in [-0.15, -0.1) is 0 Å². The number of aryl methyl sites for hydroxylation is 1. The summed E-state index contributed by atoms with van der Waals surface area (Å²) in [5, 5.41) is 6.74. The number of amides is 1. The van der Waals surface area contributed by atoms with Crippen molar-refractivity contribution in [3.8, 4) is 0 Å². The molecule has 1 aromatic carbocycles. The third-order valence-electron chi connectivity index (χ3n) is 2.90. The molecule has 0 bridgehead atoms. The van der Waals surface area contributed by atoms with Gasteiger partial charge in [0.2, 0.25) is 11.8 Å². The Hall–Kier alpha value is -2.17. The van der Waals surface area contributed by atoms with E-state index in [0.29, 0.717) is 31.1 Å². The molecular formula is C15H19N3O2. The highest BCUT2D eigenvalue weighted by Crippen LogP contribution is 2.10. The average Bonchev–Trinajstić information content (AvgIpc) is 2.93. The highest BCUT2D eigenvalue weighted by Gasteiger charge is 2.11. The summed E-state index contributed by atoms with van der Waals surface area (Å²) in [7, 11) is 0. The molecule has 5 nitrogen and oxygen atoms in total. The van der Waals surface area contributed by atoms with Crippen LogP contribution >= 0.6 is 0 Å². The third-order valence-corrected chi connectivity index (χ3v) is 2.90. The molecule has 1 heterocycles. The van der Waals surface area contributed by atoms with Gasteiger partial charge in [0.05, 0.1) is 0 Å². The van der Waals surface area contributed by atoms with Crippen LogP contribution in [0.5, 0.6) is 0 Å². The van der Waals surface area contributed by atoms with Crippen LogP contribution in [0.1, 0.15) is 43.5 Å². The molecule has 0 saturated heterocycles. The van der Waals surface area contributed by atoms with Crippen molar-refractivity contribution >= 4 is 5.91 Å². The SMILES string of the molecule is CC(C)c1noc(CCC(=O)NCc2ccccc2)n1.